The Morgan fingerprint density at radius 2 is 1.71 bits per heavy atom. The Morgan fingerprint density at radius 1 is 1.03 bits per heavy atom. The van der Waals surface area contributed by atoms with Gasteiger partial charge >= 0.3 is 5.69 Å². The largest absolute Gasteiger partial charge is 0.493 e. The van der Waals surface area contributed by atoms with Crippen LogP contribution >= 0.6 is 0 Å². The minimum atomic E-state index is -0.0772. The highest BCUT2D eigenvalue weighted by atomic mass is 16.5. The minimum Gasteiger partial charge on any atom is -0.493 e. The highest BCUT2D eigenvalue weighted by Gasteiger charge is 2.28. The monoisotopic (exact) mass is 419 g/mol. The van der Waals surface area contributed by atoms with Gasteiger partial charge in [0.1, 0.15) is 5.49 Å². The summed E-state index contributed by atoms with van der Waals surface area (Å²) in [7, 11) is 5.07. The van der Waals surface area contributed by atoms with Crippen molar-refractivity contribution in [2.24, 2.45) is 12.0 Å². The van der Waals surface area contributed by atoms with E-state index in [-0.39, 0.29) is 11.7 Å². The maximum Gasteiger partial charge on any atom is 0.330 e. The molecule has 0 saturated heterocycles. The number of ether oxygens (including phenoxy) is 2. The first-order chi connectivity index (χ1) is 14.8. The topological polar surface area (TPSA) is 57.8 Å². The lowest BCUT2D eigenvalue weighted by Crippen LogP contribution is -2.41. The lowest BCUT2D eigenvalue weighted by molar-refractivity contribution is 0.348. The highest BCUT2D eigenvalue weighted by Crippen LogP contribution is 2.42. The molecule has 1 atom stereocenters. The van der Waals surface area contributed by atoms with Gasteiger partial charge in [0, 0.05) is 30.3 Å². The first kappa shape index (κ1) is 21.0. The zero-order valence-electron chi connectivity index (χ0n) is 19.2. The van der Waals surface area contributed by atoms with E-state index >= 15 is 0 Å². The Kier molecular flexibility index (Phi) is 5.25. The summed E-state index contributed by atoms with van der Waals surface area (Å²) in [6.45, 7) is 8.24. The third-order valence-electron chi connectivity index (χ3n) is 6.09. The zero-order chi connectivity index (χ0) is 22.4. The van der Waals surface area contributed by atoms with Crippen LogP contribution in [0.3, 0.4) is 0 Å². The maximum absolute atomic E-state index is 13.4. The van der Waals surface area contributed by atoms with E-state index in [2.05, 4.69) is 39.8 Å². The van der Waals surface area contributed by atoms with Crippen molar-refractivity contribution in [3.05, 3.63) is 68.6 Å². The quantitative estimate of drug-likeness (QED) is 0.641. The van der Waals surface area contributed by atoms with Gasteiger partial charge in [0.25, 0.3) is 0 Å². The summed E-state index contributed by atoms with van der Waals surface area (Å²) in [4.78, 5) is 18.3. The predicted molar refractivity (Wildman–Crippen MR) is 123 cm³/mol. The highest BCUT2D eigenvalue weighted by molar-refractivity contribution is 5.72. The van der Waals surface area contributed by atoms with Gasteiger partial charge in [-0.15, -0.1) is 0 Å². The summed E-state index contributed by atoms with van der Waals surface area (Å²) in [5.74, 6) is 1.42. The second-order valence-corrected chi connectivity index (χ2v) is 8.34. The molecule has 6 heteroatoms. The van der Waals surface area contributed by atoms with Gasteiger partial charge in [0.05, 0.1) is 25.6 Å². The molecule has 0 aliphatic carbocycles. The first-order valence-corrected chi connectivity index (χ1v) is 10.5. The predicted octanol–water partition coefficient (Wildman–Crippen LogP) is 4.15. The minimum absolute atomic E-state index is 0.0147. The van der Waals surface area contributed by atoms with Crippen molar-refractivity contribution in [3.63, 3.8) is 0 Å². The van der Waals surface area contributed by atoms with Crippen LogP contribution in [0, 0.1) is 20.8 Å². The van der Waals surface area contributed by atoms with Gasteiger partial charge in [-0.3, -0.25) is 9.13 Å². The number of nitrogens with zero attached hydrogens (tertiary/aromatic N) is 3. The number of methoxy groups -OCH3 is 2. The van der Waals surface area contributed by atoms with E-state index in [0.29, 0.717) is 17.7 Å². The van der Waals surface area contributed by atoms with Gasteiger partial charge in [-0.1, -0.05) is 17.7 Å². The molecule has 0 spiro atoms. The number of aromatic nitrogens is 2. The van der Waals surface area contributed by atoms with E-state index in [1.807, 2.05) is 22.8 Å². The molecular weight excluding hydrogens is 390 g/mol. The van der Waals surface area contributed by atoms with Crippen LogP contribution in [0.25, 0.3) is 11.3 Å². The van der Waals surface area contributed by atoms with Crippen molar-refractivity contribution >= 4 is 5.69 Å². The Morgan fingerprint density at radius 3 is 2.32 bits per heavy atom. The van der Waals surface area contributed by atoms with Crippen LogP contribution in [-0.2, 0) is 13.5 Å². The molecule has 162 valence electrons. The van der Waals surface area contributed by atoms with Gasteiger partial charge in [-0.2, -0.15) is 0 Å². The van der Waals surface area contributed by atoms with E-state index in [4.69, 9.17) is 14.5 Å². The number of rotatable bonds is 3. The summed E-state index contributed by atoms with van der Waals surface area (Å²) in [6.07, 6.45) is 0.690. The van der Waals surface area contributed by atoms with Crippen molar-refractivity contribution < 1.29 is 9.47 Å². The number of fused-ring (bicyclic) bond motifs is 3. The third-order valence-corrected chi connectivity index (χ3v) is 6.09. The molecule has 6 nitrogen and oxygen atoms in total. The molecule has 3 aromatic rings. The summed E-state index contributed by atoms with van der Waals surface area (Å²) >= 11 is 0. The molecule has 0 fully saturated rings. The van der Waals surface area contributed by atoms with Gasteiger partial charge in [0.2, 0.25) is 0 Å². The van der Waals surface area contributed by atoms with Crippen molar-refractivity contribution in [1.82, 2.24) is 9.13 Å². The molecule has 0 N–H and O–H groups in total. The van der Waals surface area contributed by atoms with E-state index in [1.54, 1.807) is 25.8 Å². The summed E-state index contributed by atoms with van der Waals surface area (Å²) < 4.78 is 14.6. The Bertz CT molecular complexity index is 1290. The van der Waals surface area contributed by atoms with Crippen molar-refractivity contribution in [2.75, 3.05) is 14.2 Å². The van der Waals surface area contributed by atoms with Crippen molar-refractivity contribution in [2.45, 2.75) is 40.2 Å². The fourth-order valence-electron chi connectivity index (χ4n) is 4.68. The molecule has 0 unspecified atom stereocenters. The van der Waals surface area contributed by atoms with Gasteiger partial charge in [-0.05, 0) is 57.4 Å². The summed E-state index contributed by atoms with van der Waals surface area (Å²) in [6, 6.07) is 10.1. The molecule has 2 aromatic carbocycles. The Labute approximate surface area is 182 Å². The molecule has 0 bridgehead atoms. The van der Waals surface area contributed by atoms with Crippen LogP contribution in [0.4, 0.5) is 5.69 Å². The van der Waals surface area contributed by atoms with E-state index < -0.39 is 0 Å². The smallest absolute Gasteiger partial charge is 0.330 e. The van der Waals surface area contributed by atoms with Crippen LogP contribution in [0.5, 0.6) is 11.5 Å². The average molecular weight is 420 g/mol. The van der Waals surface area contributed by atoms with E-state index in [0.717, 1.165) is 39.4 Å². The number of benzene rings is 2. The fraction of sp³-hybridized carbons (Fsp3) is 0.360. The Balaban J connectivity index is 2.04. The van der Waals surface area contributed by atoms with Crippen molar-refractivity contribution in [3.8, 4) is 22.8 Å². The van der Waals surface area contributed by atoms with Crippen LogP contribution in [0.15, 0.2) is 40.1 Å². The molecule has 1 aliphatic heterocycles. The third kappa shape index (κ3) is 3.36. The molecule has 4 rings (SSSR count). The normalized spacial score (nSPS) is 15.5. The summed E-state index contributed by atoms with van der Waals surface area (Å²) in [5, 5.41) is 0. The number of aryl methyl sites for hydroxylation is 3. The SMILES string of the molecule is COc1ccc2c(c1OC)C[C@@H](C)n1c-2cc(=Nc2c(C)cc(C)cc2C)n(C)c1=O. The van der Waals surface area contributed by atoms with Gasteiger partial charge < -0.3 is 9.47 Å². The van der Waals surface area contributed by atoms with E-state index in [9.17, 15) is 4.79 Å². The van der Waals surface area contributed by atoms with Crippen LogP contribution in [0.1, 0.15) is 35.2 Å². The average Bonchev–Trinajstić information content (AvgIpc) is 2.72. The zero-order valence-corrected chi connectivity index (χ0v) is 19.2. The van der Waals surface area contributed by atoms with E-state index in [1.165, 1.54) is 5.56 Å². The number of hydrogen-bond acceptors (Lipinski definition) is 4. The molecular formula is C25H29N3O3. The second-order valence-electron chi connectivity index (χ2n) is 8.34. The molecule has 1 aromatic heterocycles. The molecule has 0 amide bonds. The molecule has 31 heavy (non-hydrogen) atoms. The maximum atomic E-state index is 13.4. The lowest BCUT2D eigenvalue weighted by atomic mass is 9.92. The number of hydrogen-bond donors (Lipinski definition) is 0. The fourth-order valence-corrected chi connectivity index (χ4v) is 4.68. The Hall–Kier alpha value is -3.28. The molecule has 1 aliphatic rings. The second kappa shape index (κ2) is 7.76. The molecule has 0 saturated carbocycles. The van der Waals surface area contributed by atoms with Gasteiger partial charge in [-0.25, -0.2) is 9.79 Å². The van der Waals surface area contributed by atoms with Crippen LogP contribution < -0.4 is 20.7 Å². The van der Waals surface area contributed by atoms with Gasteiger partial charge in [0.15, 0.2) is 11.5 Å². The van der Waals surface area contributed by atoms with Crippen LogP contribution in [-0.4, -0.2) is 23.4 Å². The van der Waals surface area contributed by atoms with Crippen molar-refractivity contribution in [1.29, 1.82) is 0 Å². The molecule has 2 heterocycles. The lowest BCUT2D eigenvalue weighted by Gasteiger charge is -2.29. The molecule has 0 radical (unpaired) electrons. The van der Waals surface area contributed by atoms with Crippen LogP contribution in [0.2, 0.25) is 0 Å². The first-order valence-electron chi connectivity index (χ1n) is 10.5. The summed E-state index contributed by atoms with van der Waals surface area (Å²) in [5.41, 5.74) is 7.71. The standard InChI is InChI=1S/C25H29N3O3/c1-14-10-15(2)23(16(3)11-14)26-22-13-20-18-8-9-21(30-6)24(31-7)19(18)12-17(4)28(20)25(29)27(22)5/h8-11,13,17H,12H2,1-7H3/t17-/m1/s1.